The molecule has 1 fully saturated rings. The van der Waals surface area contributed by atoms with Crippen LogP contribution in [0, 0.1) is 6.92 Å². The minimum Gasteiger partial charge on any atom is -0.447 e. The maximum atomic E-state index is 12.7. The first-order chi connectivity index (χ1) is 13.9. The standard InChI is InChI=1S/C23H26N2O4/c1-15-8-10-17(11-9-15)20(24-16(2)26)14-21(27)29-22(18-6-4-3-5-7-18)23(28)25-19-12-13-19/h3-11,19-20,22H,12-14H2,1-2H3,(H,24,26)(H,25,28). The topological polar surface area (TPSA) is 84.5 Å². The van der Waals surface area contributed by atoms with Gasteiger partial charge in [0, 0.05) is 18.5 Å². The fourth-order valence-corrected chi connectivity index (χ4v) is 3.05. The molecular weight excluding hydrogens is 368 g/mol. The molecular formula is C23H26N2O4. The van der Waals surface area contributed by atoms with Gasteiger partial charge >= 0.3 is 5.97 Å². The van der Waals surface area contributed by atoms with Gasteiger partial charge in [-0.1, -0.05) is 60.2 Å². The van der Waals surface area contributed by atoms with Crippen molar-refractivity contribution in [2.75, 3.05) is 0 Å². The number of esters is 1. The van der Waals surface area contributed by atoms with Crippen LogP contribution in [0.15, 0.2) is 54.6 Å². The van der Waals surface area contributed by atoms with Crippen LogP contribution in [0.4, 0.5) is 0 Å². The zero-order valence-corrected chi connectivity index (χ0v) is 16.7. The minimum atomic E-state index is -1.01. The van der Waals surface area contributed by atoms with Crippen LogP contribution in [0.3, 0.4) is 0 Å². The van der Waals surface area contributed by atoms with Crippen molar-refractivity contribution in [3.63, 3.8) is 0 Å². The zero-order valence-electron chi connectivity index (χ0n) is 16.7. The molecule has 2 aromatic rings. The number of hydrogen-bond donors (Lipinski definition) is 2. The summed E-state index contributed by atoms with van der Waals surface area (Å²) in [7, 11) is 0. The Balaban J connectivity index is 1.73. The first-order valence-electron chi connectivity index (χ1n) is 9.81. The smallest absolute Gasteiger partial charge is 0.309 e. The summed E-state index contributed by atoms with van der Waals surface area (Å²) >= 11 is 0. The Morgan fingerprint density at radius 3 is 2.24 bits per heavy atom. The number of benzene rings is 2. The van der Waals surface area contributed by atoms with Crippen LogP contribution < -0.4 is 10.6 Å². The quantitative estimate of drug-likeness (QED) is 0.674. The highest BCUT2D eigenvalue weighted by molar-refractivity contribution is 5.85. The van der Waals surface area contributed by atoms with E-state index in [1.807, 2.05) is 37.3 Å². The van der Waals surface area contributed by atoms with Gasteiger partial charge in [0.1, 0.15) is 0 Å². The van der Waals surface area contributed by atoms with Crippen LogP contribution in [0.5, 0.6) is 0 Å². The van der Waals surface area contributed by atoms with E-state index < -0.39 is 18.1 Å². The van der Waals surface area contributed by atoms with Gasteiger partial charge in [-0.2, -0.15) is 0 Å². The summed E-state index contributed by atoms with van der Waals surface area (Å²) in [5.74, 6) is -1.11. The Morgan fingerprint density at radius 2 is 1.66 bits per heavy atom. The SMILES string of the molecule is CC(=O)NC(CC(=O)OC(C(=O)NC1CC1)c1ccccc1)c1ccc(C)cc1. The van der Waals surface area contributed by atoms with Crippen LogP contribution in [0.25, 0.3) is 0 Å². The molecule has 6 heteroatoms. The second-order valence-corrected chi connectivity index (χ2v) is 7.43. The molecule has 0 aromatic heterocycles. The van der Waals surface area contributed by atoms with Crippen molar-refractivity contribution in [3.05, 3.63) is 71.3 Å². The van der Waals surface area contributed by atoms with Crippen molar-refractivity contribution in [1.29, 1.82) is 0 Å². The summed E-state index contributed by atoms with van der Waals surface area (Å²) in [6.45, 7) is 3.37. The van der Waals surface area contributed by atoms with E-state index in [9.17, 15) is 14.4 Å². The number of carbonyl (C=O) groups excluding carboxylic acids is 3. The van der Waals surface area contributed by atoms with E-state index in [2.05, 4.69) is 10.6 Å². The second kappa shape index (κ2) is 9.37. The van der Waals surface area contributed by atoms with E-state index in [0.29, 0.717) is 5.56 Å². The molecule has 1 saturated carbocycles. The average molecular weight is 394 g/mol. The van der Waals surface area contributed by atoms with Gasteiger partial charge in [-0.05, 0) is 25.3 Å². The van der Waals surface area contributed by atoms with Crippen molar-refractivity contribution in [3.8, 4) is 0 Å². The molecule has 6 nitrogen and oxygen atoms in total. The number of rotatable bonds is 8. The maximum absolute atomic E-state index is 12.7. The molecule has 3 rings (SSSR count). The van der Waals surface area contributed by atoms with E-state index in [1.165, 1.54) is 6.92 Å². The lowest BCUT2D eigenvalue weighted by Crippen LogP contribution is -2.34. The minimum absolute atomic E-state index is 0.0668. The molecule has 1 aliphatic carbocycles. The van der Waals surface area contributed by atoms with Gasteiger partial charge in [0.2, 0.25) is 12.0 Å². The third kappa shape index (κ3) is 6.17. The van der Waals surface area contributed by atoms with Gasteiger partial charge in [0.25, 0.3) is 5.91 Å². The van der Waals surface area contributed by atoms with E-state index in [0.717, 1.165) is 24.0 Å². The molecule has 0 spiro atoms. The second-order valence-electron chi connectivity index (χ2n) is 7.43. The van der Waals surface area contributed by atoms with Crippen molar-refractivity contribution in [1.82, 2.24) is 10.6 Å². The molecule has 2 N–H and O–H groups in total. The number of amides is 2. The Morgan fingerprint density at radius 1 is 1.00 bits per heavy atom. The van der Waals surface area contributed by atoms with Crippen molar-refractivity contribution < 1.29 is 19.1 Å². The summed E-state index contributed by atoms with van der Waals surface area (Å²) in [6.07, 6.45) is 0.807. The molecule has 0 saturated heterocycles. The summed E-state index contributed by atoms with van der Waals surface area (Å²) < 4.78 is 5.58. The van der Waals surface area contributed by atoms with Gasteiger partial charge in [0.05, 0.1) is 12.5 Å². The molecule has 1 aliphatic rings. The van der Waals surface area contributed by atoms with Gasteiger partial charge < -0.3 is 15.4 Å². The molecule has 0 bridgehead atoms. The van der Waals surface area contributed by atoms with E-state index in [4.69, 9.17) is 4.74 Å². The lowest BCUT2D eigenvalue weighted by Gasteiger charge is -2.21. The van der Waals surface area contributed by atoms with Gasteiger partial charge in [-0.3, -0.25) is 14.4 Å². The van der Waals surface area contributed by atoms with Crippen LogP contribution in [-0.2, 0) is 19.1 Å². The van der Waals surface area contributed by atoms with Crippen LogP contribution in [0.1, 0.15) is 55.0 Å². The highest BCUT2D eigenvalue weighted by Gasteiger charge is 2.31. The number of ether oxygens (including phenoxy) is 1. The lowest BCUT2D eigenvalue weighted by atomic mass is 10.0. The summed E-state index contributed by atoms with van der Waals surface area (Å²) in [6, 6.07) is 16.2. The Hall–Kier alpha value is -3.15. The lowest BCUT2D eigenvalue weighted by molar-refractivity contribution is -0.157. The molecule has 29 heavy (non-hydrogen) atoms. The normalized spacial score (nSPS) is 15.1. The number of aryl methyl sites for hydroxylation is 1. The van der Waals surface area contributed by atoms with Gasteiger partial charge in [-0.15, -0.1) is 0 Å². The van der Waals surface area contributed by atoms with Gasteiger partial charge in [0.15, 0.2) is 0 Å². The summed E-state index contributed by atoms with van der Waals surface area (Å²) in [5.41, 5.74) is 2.51. The largest absolute Gasteiger partial charge is 0.447 e. The van der Waals surface area contributed by atoms with Crippen LogP contribution >= 0.6 is 0 Å². The zero-order chi connectivity index (χ0) is 20.8. The highest BCUT2D eigenvalue weighted by atomic mass is 16.5. The first-order valence-corrected chi connectivity index (χ1v) is 9.81. The fourth-order valence-electron chi connectivity index (χ4n) is 3.05. The molecule has 0 aliphatic heterocycles. The maximum Gasteiger partial charge on any atom is 0.309 e. The van der Waals surface area contributed by atoms with Gasteiger partial charge in [-0.25, -0.2) is 0 Å². The van der Waals surface area contributed by atoms with Crippen molar-refractivity contribution in [2.24, 2.45) is 0 Å². The molecule has 2 amide bonds. The predicted octanol–water partition coefficient (Wildman–Crippen LogP) is 3.13. The number of nitrogens with one attached hydrogen (secondary N) is 2. The number of carbonyl (C=O) groups is 3. The van der Waals surface area contributed by atoms with Crippen molar-refractivity contribution in [2.45, 2.75) is 51.3 Å². The van der Waals surface area contributed by atoms with Crippen LogP contribution in [-0.4, -0.2) is 23.8 Å². The van der Waals surface area contributed by atoms with E-state index in [1.54, 1.807) is 24.3 Å². The summed E-state index contributed by atoms with van der Waals surface area (Å²) in [4.78, 5) is 37.0. The molecule has 152 valence electrons. The number of hydrogen-bond acceptors (Lipinski definition) is 4. The fraction of sp³-hybridized carbons (Fsp3) is 0.348. The first kappa shape index (κ1) is 20.6. The summed E-state index contributed by atoms with van der Waals surface area (Å²) in [5, 5.41) is 5.69. The Bertz CT molecular complexity index is 860. The van der Waals surface area contributed by atoms with E-state index in [-0.39, 0.29) is 24.3 Å². The average Bonchev–Trinajstić information content (AvgIpc) is 3.50. The third-order valence-electron chi connectivity index (χ3n) is 4.74. The van der Waals surface area contributed by atoms with Crippen LogP contribution in [0.2, 0.25) is 0 Å². The highest BCUT2D eigenvalue weighted by Crippen LogP contribution is 2.25. The van der Waals surface area contributed by atoms with Crippen molar-refractivity contribution >= 4 is 17.8 Å². The predicted molar refractivity (Wildman–Crippen MR) is 109 cm³/mol. The molecule has 2 atom stereocenters. The van der Waals surface area contributed by atoms with E-state index >= 15 is 0 Å². The molecule has 0 heterocycles. The monoisotopic (exact) mass is 394 g/mol. The molecule has 2 unspecified atom stereocenters. The Labute approximate surface area is 170 Å². The third-order valence-corrected chi connectivity index (χ3v) is 4.74. The Kier molecular flexibility index (Phi) is 6.65. The molecule has 0 radical (unpaired) electrons. The molecule has 2 aromatic carbocycles.